The van der Waals surface area contributed by atoms with Crippen LogP contribution < -0.4 is 11.1 Å². The number of benzene rings is 1. The quantitative estimate of drug-likeness (QED) is 0.320. The number of hydrogen-bond donors (Lipinski definition) is 3. The molecule has 19 heavy (non-hydrogen) atoms. The highest BCUT2D eigenvalue weighted by Gasteiger charge is 2.48. The molecule has 1 aromatic rings. The van der Waals surface area contributed by atoms with Crippen LogP contribution in [0.15, 0.2) is 32.3 Å². The molecule has 0 heterocycles. The Bertz CT molecular complexity index is 542. The molecule has 0 unspecified atom stereocenters. The molecule has 0 saturated heterocycles. The molecule has 0 radical (unpaired) electrons. The molecule has 0 atom stereocenters. The maximum absolute atomic E-state index is 12.4. The summed E-state index contributed by atoms with van der Waals surface area (Å²) in [7, 11) is 0. The molecule has 0 spiro atoms. The number of carbonyl (C=O) groups excluding carboxylic acids is 1. The molecule has 1 aliphatic rings. The van der Waals surface area contributed by atoms with Gasteiger partial charge in [-0.15, -0.1) is 0 Å². The molecule has 0 aromatic heterocycles. The number of oxime groups is 1. The van der Waals surface area contributed by atoms with Gasteiger partial charge in [0.25, 0.3) is 0 Å². The maximum atomic E-state index is 12.4. The lowest BCUT2D eigenvalue weighted by Gasteiger charge is -2.38. The number of nitrogens with two attached hydrogens (primary N) is 1. The summed E-state index contributed by atoms with van der Waals surface area (Å²) in [6, 6.07) is 5.49. The van der Waals surface area contributed by atoms with Crippen molar-refractivity contribution in [2.24, 2.45) is 16.3 Å². The lowest BCUT2D eigenvalue weighted by Crippen LogP contribution is -2.51. The highest BCUT2D eigenvalue weighted by Crippen LogP contribution is 2.42. The van der Waals surface area contributed by atoms with Gasteiger partial charge in [-0.2, -0.15) is 0 Å². The standard InChI is InChI=1S/C12H13Br2N3O2/c13-7-2-3-8(14)9(6-7)16-11(18)12(4-1-5-12)10(15)17-19/h2-3,6,19H,1,4-5H2,(H2,15,17)(H,16,18). The van der Waals surface area contributed by atoms with Crippen molar-refractivity contribution in [2.45, 2.75) is 19.3 Å². The molecule has 102 valence electrons. The summed E-state index contributed by atoms with van der Waals surface area (Å²) >= 11 is 6.72. The highest BCUT2D eigenvalue weighted by atomic mass is 79.9. The first-order chi connectivity index (χ1) is 8.99. The number of halogens is 2. The SMILES string of the molecule is N/C(=N/O)C1(C(=O)Nc2cc(Br)ccc2Br)CCC1. The van der Waals surface area contributed by atoms with Gasteiger partial charge in [0, 0.05) is 8.95 Å². The number of amides is 1. The predicted octanol–water partition coefficient (Wildman–Crippen LogP) is 3.07. The number of nitrogens with one attached hydrogen (secondary N) is 1. The number of rotatable bonds is 3. The van der Waals surface area contributed by atoms with Crippen LogP contribution in [0.3, 0.4) is 0 Å². The number of carbonyl (C=O) groups is 1. The highest BCUT2D eigenvalue weighted by molar-refractivity contribution is 9.11. The Hall–Kier alpha value is -1.08. The lowest BCUT2D eigenvalue weighted by molar-refractivity contribution is -0.125. The van der Waals surface area contributed by atoms with Gasteiger partial charge < -0.3 is 16.3 Å². The van der Waals surface area contributed by atoms with E-state index in [1.165, 1.54) is 0 Å². The first kappa shape index (κ1) is 14.3. The first-order valence-electron chi connectivity index (χ1n) is 5.74. The predicted molar refractivity (Wildman–Crippen MR) is 80.2 cm³/mol. The van der Waals surface area contributed by atoms with Crippen LogP contribution in [-0.4, -0.2) is 17.0 Å². The largest absolute Gasteiger partial charge is 0.409 e. The molecule has 7 heteroatoms. The normalized spacial score (nSPS) is 17.7. The smallest absolute Gasteiger partial charge is 0.238 e. The van der Waals surface area contributed by atoms with E-state index >= 15 is 0 Å². The van der Waals surface area contributed by atoms with Crippen LogP contribution in [0.4, 0.5) is 5.69 Å². The molecule has 1 amide bonds. The van der Waals surface area contributed by atoms with Crippen molar-refractivity contribution in [1.82, 2.24) is 0 Å². The summed E-state index contributed by atoms with van der Waals surface area (Å²) in [6.45, 7) is 0. The number of amidine groups is 1. The maximum Gasteiger partial charge on any atom is 0.238 e. The summed E-state index contributed by atoms with van der Waals surface area (Å²) in [4.78, 5) is 12.4. The van der Waals surface area contributed by atoms with Crippen molar-refractivity contribution in [2.75, 3.05) is 5.32 Å². The van der Waals surface area contributed by atoms with Crippen molar-refractivity contribution in [3.8, 4) is 0 Å². The van der Waals surface area contributed by atoms with E-state index in [9.17, 15) is 4.79 Å². The zero-order valence-corrected chi connectivity index (χ0v) is 13.2. The topological polar surface area (TPSA) is 87.7 Å². The third kappa shape index (κ3) is 2.62. The van der Waals surface area contributed by atoms with Crippen LogP contribution in [0.5, 0.6) is 0 Å². The molecule has 2 rings (SSSR count). The fourth-order valence-corrected chi connectivity index (χ4v) is 2.77. The molecular formula is C12H13Br2N3O2. The van der Waals surface area contributed by atoms with Gasteiger partial charge in [-0.25, -0.2) is 0 Å². The fourth-order valence-electron chi connectivity index (χ4n) is 2.06. The minimum absolute atomic E-state index is 0.0256. The summed E-state index contributed by atoms with van der Waals surface area (Å²) in [5.41, 5.74) is 5.42. The van der Waals surface area contributed by atoms with Crippen molar-refractivity contribution >= 4 is 49.3 Å². The summed E-state index contributed by atoms with van der Waals surface area (Å²) in [5.74, 6) is -0.268. The van der Waals surface area contributed by atoms with E-state index in [4.69, 9.17) is 10.9 Å². The fraction of sp³-hybridized carbons (Fsp3) is 0.333. The van der Waals surface area contributed by atoms with Crippen LogP contribution in [0.2, 0.25) is 0 Å². The molecule has 1 aliphatic carbocycles. The number of hydrogen-bond acceptors (Lipinski definition) is 3. The summed E-state index contributed by atoms with van der Waals surface area (Å²) < 4.78 is 1.63. The average Bonchev–Trinajstić information content (AvgIpc) is 2.32. The van der Waals surface area contributed by atoms with Gasteiger partial charge in [0.15, 0.2) is 5.84 Å². The zero-order valence-electron chi connectivity index (χ0n) is 9.99. The van der Waals surface area contributed by atoms with E-state index < -0.39 is 5.41 Å². The van der Waals surface area contributed by atoms with E-state index in [2.05, 4.69) is 42.3 Å². The van der Waals surface area contributed by atoms with E-state index in [0.29, 0.717) is 18.5 Å². The van der Waals surface area contributed by atoms with Crippen LogP contribution in [0.25, 0.3) is 0 Å². The van der Waals surface area contributed by atoms with E-state index in [1.54, 1.807) is 6.07 Å². The molecule has 1 fully saturated rings. The van der Waals surface area contributed by atoms with Gasteiger partial charge in [0.2, 0.25) is 5.91 Å². The molecule has 0 bridgehead atoms. The van der Waals surface area contributed by atoms with Gasteiger partial charge in [-0.05, 0) is 47.0 Å². The Kier molecular flexibility index (Phi) is 4.15. The Morgan fingerprint density at radius 1 is 1.42 bits per heavy atom. The number of anilines is 1. The average molecular weight is 391 g/mol. The van der Waals surface area contributed by atoms with Crippen LogP contribution in [0, 0.1) is 5.41 Å². The summed E-state index contributed by atoms with van der Waals surface area (Å²) in [5, 5.41) is 14.6. The van der Waals surface area contributed by atoms with Gasteiger partial charge in [0.1, 0.15) is 5.41 Å². The minimum Gasteiger partial charge on any atom is -0.409 e. The van der Waals surface area contributed by atoms with Crippen molar-refractivity contribution in [1.29, 1.82) is 0 Å². The lowest BCUT2D eigenvalue weighted by atomic mass is 9.67. The Morgan fingerprint density at radius 2 is 2.11 bits per heavy atom. The number of nitrogens with zero attached hydrogens (tertiary/aromatic N) is 1. The van der Waals surface area contributed by atoms with Crippen molar-refractivity contribution in [3.63, 3.8) is 0 Å². The van der Waals surface area contributed by atoms with Gasteiger partial charge >= 0.3 is 0 Å². The van der Waals surface area contributed by atoms with E-state index in [1.807, 2.05) is 12.1 Å². The minimum atomic E-state index is -0.878. The second-order valence-electron chi connectivity index (χ2n) is 4.50. The molecule has 4 N–H and O–H groups in total. The molecule has 0 aliphatic heterocycles. The Labute approximate surface area is 127 Å². The summed E-state index contributed by atoms with van der Waals surface area (Å²) in [6.07, 6.45) is 2.09. The van der Waals surface area contributed by atoms with Crippen LogP contribution in [0.1, 0.15) is 19.3 Å². The second kappa shape index (κ2) is 5.50. The molecular weight excluding hydrogens is 378 g/mol. The van der Waals surface area contributed by atoms with E-state index in [-0.39, 0.29) is 11.7 Å². The molecule has 1 aromatic carbocycles. The van der Waals surface area contributed by atoms with Gasteiger partial charge in [-0.1, -0.05) is 27.5 Å². The third-order valence-corrected chi connectivity index (χ3v) is 4.60. The molecule has 5 nitrogen and oxygen atoms in total. The Balaban J connectivity index is 2.23. The van der Waals surface area contributed by atoms with Gasteiger partial charge in [0.05, 0.1) is 5.69 Å². The van der Waals surface area contributed by atoms with Crippen molar-refractivity contribution in [3.05, 3.63) is 27.1 Å². The first-order valence-corrected chi connectivity index (χ1v) is 7.33. The monoisotopic (exact) mass is 389 g/mol. The van der Waals surface area contributed by atoms with E-state index in [0.717, 1.165) is 15.4 Å². The van der Waals surface area contributed by atoms with Crippen molar-refractivity contribution < 1.29 is 10.0 Å². The molecule has 1 saturated carbocycles. The van der Waals surface area contributed by atoms with Crippen LogP contribution >= 0.6 is 31.9 Å². The third-order valence-electron chi connectivity index (χ3n) is 3.42. The second-order valence-corrected chi connectivity index (χ2v) is 6.27. The van der Waals surface area contributed by atoms with Gasteiger partial charge in [-0.3, -0.25) is 4.79 Å². The Morgan fingerprint density at radius 3 is 2.63 bits per heavy atom. The van der Waals surface area contributed by atoms with Crippen LogP contribution in [-0.2, 0) is 4.79 Å². The zero-order chi connectivity index (χ0) is 14.0.